The highest BCUT2D eigenvalue weighted by Crippen LogP contribution is 2.26. The van der Waals surface area contributed by atoms with Crippen molar-refractivity contribution in [2.45, 2.75) is 26.6 Å². The van der Waals surface area contributed by atoms with E-state index in [4.69, 9.17) is 9.47 Å². The first-order chi connectivity index (χ1) is 11.8. The first-order valence-electron chi connectivity index (χ1n) is 8.19. The molecular formula is C19H22N2O3. The normalized spacial score (nSPS) is 12.5. The molecule has 0 saturated heterocycles. The second kappa shape index (κ2) is 7.84. The van der Waals surface area contributed by atoms with E-state index in [0.717, 1.165) is 18.7 Å². The number of fused-ring (bicyclic) bond motifs is 1. The predicted octanol–water partition coefficient (Wildman–Crippen LogP) is 2.38. The number of hydrogen-bond acceptors (Lipinski definition) is 4. The Labute approximate surface area is 142 Å². The van der Waals surface area contributed by atoms with Gasteiger partial charge in [0.05, 0.1) is 6.61 Å². The summed E-state index contributed by atoms with van der Waals surface area (Å²) >= 11 is 0. The first kappa shape index (κ1) is 16.3. The Hall–Kier alpha value is -2.53. The average Bonchev–Trinajstić information content (AvgIpc) is 3.07. The Morgan fingerprint density at radius 2 is 1.83 bits per heavy atom. The molecule has 1 amide bonds. The molecule has 0 spiro atoms. The van der Waals surface area contributed by atoms with E-state index in [1.165, 1.54) is 11.1 Å². The van der Waals surface area contributed by atoms with Crippen LogP contribution in [0.5, 0.6) is 11.5 Å². The zero-order chi connectivity index (χ0) is 16.8. The zero-order valence-electron chi connectivity index (χ0n) is 13.8. The van der Waals surface area contributed by atoms with Crippen LogP contribution in [0.1, 0.15) is 23.6 Å². The van der Waals surface area contributed by atoms with E-state index in [1.807, 2.05) is 25.1 Å². The fraction of sp³-hybridized carbons (Fsp3) is 0.316. The third-order valence-corrected chi connectivity index (χ3v) is 3.90. The standard InChI is InChI=1S/C19H22N2O3/c1-2-23-17-5-3-4-6-18(17)24-13-19(22)21-10-14-7-8-15-11-20-12-16(15)9-14/h3-9,20H,2,10-13H2,1H3,(H,21,22). The van der Waals surface area contributed by atoms with Crippen LogP contribution in [-0.4, -0.2) is 19.1 Å². The second-order valence-electron chi connectivity index (χ2n) is 5.65. The minimum atomic E-state index is -0.153. The Balaban J connectivity index is 1.49. The van der Waals surface area contributed by atoms with Crippen LogP contribution < -0.4 is 20.1 Å². The van der Waals surface area contributed by atoms with E-state index < -0.39 is 0 Å². The number of hydrogen-bond donors (Lipinski definition) is 2. The monoisotopic (exact) mass is 326 g/mol. The van der Waals surface area contributed by atoms with Crippen molar-refractivity contribution in [1.82, 2.24) is 10.6 Å². The molecule has 5 nitrogen and oxygen atoms in total. The van der Waals surface area contributed by atoms with Gasteiger partial charge in [0.1, 0.15) is 0 Å². The quantitative estimate of drug-likeness (QED) is 0.820. The van der Waals surface area contributed by atoms with Crippen molar-refractivity contribution in [3.05, 3.63) is 59.2 Å². The van der Waals surface area contributed by atoms with Crippen LogP contribution in [0.25, 0.3) is 0 Å². The van der Waals surface area contributed by atoms with Crippen LogP contribution in [-0.2, 0) is 24.4 Å². The predicted molar refractivity (Wildman–Crippen MR) is 91.9 cm³/mol. The molecule has 0 radical (unpaired) electrons. The van der Waals surface area contributed by atoms with E-state index in [-0.39, 0.29) is 12.5 Å². The molecule has 2 aromatic rings. The van der Waals surface area contributed by atoms with Gasteiger partial charge in [-0.25, -0.2) is 0 Å². The van der Waals surface area contributed by atoms with Gasteiger partial charge in [0.2, 0.25) is 0 Å². The molecule has 126 valence electrons. The van der Waals surface area contributed by atoms with Gasteiger partial charge < -0.3 is 20.1 Å². The number of nitrogens with one attached hydrogen (secondary N) is 2. The first-order valence-corrected chi connectivity index (χ1v) is 8.19. The molecule has 2 aromatic carbocycles. The summed E-state index contributed by atoms with van der Waals surface area (Å²) in [4.78, 5) is 12.0. The minimum absolute atomic E-state index is 0.0312. The van der Waals surface area contributed by atoms with E-state index in [1.54, 1.807) is 6.07 Å². The van der Waals surface area contributed by atoms with Gasteiger partial charge in [-0.2, -0.15) is 0 Å². The van der Waals surface area contributed by atoms with Gasteiger partial charge in [-0.1, -0.05) is 30.3 Å². The number of ether oxygens (including phenoxy) is 2. The molecule has 1 heterocycles. The Morgan fingerprint density at radius 1 is 1.08 bits per heavy atom. The lowest BCUT2D eigenvalue weighted by Gasteiger charge is -2.12. The van der Waals surface area contributed by atoms with Gasteiger partial charge in [-0.3, -0.25) is 4.79 Å². The van der Waals surface area contributed by atoms with Crippen molar-refractivity contribution < 1.29 is 14.3 Å². The van der Waals surface area contributed by atoms with Crippen molar-refractivity contribution in [3.63, 3.8) is 0 Å². The highest BCUT2D eigenvalue weighted by atomic mass is 16.5. The van der Waals surface area contributed by atoms with Crippen LogP contribution in [0, 0.1) is 0 Å². The number of benzene rings is 2. The molecular weight excluding hydrogens is 304 g/mol. The second-order valence-corrected chi connectivity index (χ2v) is 5.65. The van der Waals surface area contributed by atoms with E-state index in [9.17, 15) is 4.79 Å². The maximum Gasteiger partial charge on any atom is 0.258 e. The lowest BCUT2D eigenvalue weighted by Crippen LogP contribution is -2.28. The largest absolute Gasteiger partial charge is 0.490 e. The van der Waals surface area contributed by atoms with E-state index in [2.05, 4.69) is 28.8 Å². The lowest BCUT2D eigenvalue weighted by atomic mass is 10.1. The van der Waals surface area contributed by atoms with Gasteiger partial charge in [0.15, 0.2) is 18.1 Å². The van der Waals surface area contributed by atoms with Crippen molar-refractivity contribution in [2.24, 2.45) is 0 Å². The molecule has 5 heteroatoms. The van der Waals surface area contributed by atoms with Crippen LogP contribution >= 0.6 is 0 Å². The van der Waals surface area contributed by atoms with Crippen LogP contribution in [0.15, 0.2) is 42.5 Å². The summed E-state index contributed by atoms with van der Waals surface area (Å²) < 4.78 is 11.0. The van der Waals surface area contributed by atoms with E-state index in [0.29, 0.717) is 24.7 Å². The van der Waals surface area contributed by atoms with Crippen LogP contribution in [0.2, 0.25) is 0 Å². The summed E-state index contributed by atoms with van der Waals surface area (Å²) in [6.45, 7) is 4.76. The summed E-state index contributed by atoms with van der Waals surface area (Å²) in [5.41, 5.74) is 3.74. The van der Waals surface area contributed by atoms with Crippen molar-refractivity contribution in [2.75, 3.05) is 13.2 Å². The summed E-state index contributed by atoms with van der Waals surface area (Å²) in [5.74, 6) is 1.08. The third-order valence-electron chi connectivity index (χ3n) is 3.90. The summed E-state index contributed by atoms with van der Waals surface area (Å²) in [6.07, 6.45) is 0. The number of carbonyl (C=O) groups is 1. The molecule has 0 aromatic heterocycles. The molecule has 0 fully saturated rings. The van der Waals surface area contributed by atoms with Gasteiger partial charge >= 0.3 is 0 Å². The SMILES string of the molecule is CCOc1ccccc1OCC(=O)NCc1ccc2c(c1)CNC2. The van der Waals surface area contributed by atoms with Crippen molar-refractivity contribution in [3.8, 4) is 11.5 Å². The lowest BCUT2D eigenvalue weighted by molar-refractivity contribution is -0.123. The van der Waals surface area contributed by atoms with Gasteiger partial charge in [-0.15, -0.1) is 0 Å². The molecule has 1 aliphatic rings. The maximum atomic E-state index is 12.0. The highest BCUT2D eigenvalue weighted by Gasteiger charge is 2.11. The number of carbonyl (C=O) groups excluding carboxylic acids is 1. The molecule has 0 bridgehead atoms. The highest BCUT2D eigenvalue weighted by molar-refractivity contribution is 5.77. The summed E-state index contributed by atoms with van der Waals surface area (Å²) in [7, 11) is 0. The number of amides is 1. The fourth-order valence-corrected chi connectivity index (χ4v) is 2.70. The van der Waals surface area contributed by atoms with E-state index >= 15 is 0 Å². The average molecular weight is 326 g/mol. The van der Waals surface area contributed by atoms with Gasteiger partial charge in [-0.05, 0) is 35.7 Å². The number of rotatable bonds is 7. The maximum absolute atomic E-state index is 12.0. The molecule has 2 N–H and O–H groups in total. The molecule has 0 aliphatic carbocycles. The molecule has 0 unspecified atom stereocenters. The Kier molecular flexibility index (Phi) is 5.33. The van der Waals surface area contributed by atoms with Crippen molar-refractivity contribution in [1.29, 1.82) is 0 Å². The van der Waals surface area contributed by atoms with Gasteiger partial charge in [0.25, 0.3) is 5.91 Å². The third kappa shape index (κ3) is 4.06. The molecule has 0 saturated carbocycles. The Bertz CT molecular complexity index is 716. The minimum Gasteiger partial charge on any atom is -0.490 e. The van der Waals surface area contributed by atoms with Gasteiger partial charge in [0, 0.05) is 19.6 Å². The summed E-state index contributed by atoms with van der Waals surface area (Å²) in [6, 6.07) is 13.7. The molecule has 24 heavy (non-hydrogen) atoms. The molecule has 0 atom stereocenters. The Morgan fingerprint density at radius 3 is 2.62 bits per heavy atom. The molecule has 1 aliphatic heterocycles. The topological polar surface area (TPSA) is 59.6 Å². The number of para-hydroxylation sites is 2. The fourth-order valence-electron chi connectivity index (χ4n) is 2.70. The molecule has 3 rings (SSSR count). The summed E-state index contributed by atoms with van der Waals surface area (Å²) in [5, 5.41) is 6.20. The van der Waals surface area contributed by atoms with Crippen LogP contribution in [0.3, 0.4) is 0 Å². The zero-order valence-corrected chi connectivity index (χ0v) is 13.8. The smallest absolute Gasteiger partial charge is 0.258 e. The van der Waals surface area contributed by atoms with Crippen LogP contribution in [0.4, 0.5) is 0 Å². The van der Waals surface area contributed by atoms with Crippen molar-refractivity contribution >= 4 is 5.91 Å².